The van der Waals surface area contributed by atoms with Crippen LogP contribution in [-0.4, -0.2) is 30.6 Å². The molecule has 0 atom stereocenters. The first-order chi connectivity index (χ1) is 10.8. The Labute approximate surface area is 131 Å². The Morgan fingerprint density at radius 1 is 1.36 bits per heavy atom. The molecule has 1 heterocycles. The minimum Gasteiger partial charge on any atom is -0.477 e. The van der Waals surface area contributed by atoms with Crippen LogP contribution in [0.5, 0.6) is 5.88 Å². The lowest BCUT2D eigenvalue weighted by Gasteiger charge is -2.17. The normalized spacial score (nSPS) is 18.5. The summed E-state index contributed by atoms with van der Waals surface area (Å²) < 4.78 is 5.72. The van der Waals surface area contributed by atoms with E-state index in [4.69, 9.17) is 4.74 Å². The molecule has 5 nitrogen and oxygen atoms in total. The zero-order valence-electron chi connectivity index (χ0n) is 13.1. The number of nitrogens with zero attached hydrogens (tertiary/aromatic N) is 2. The molecule has 0 saturated heterocycles. The molecule has 2 aliphatic rings. The van der Waals surface area contributed by atoms with Crippen molar-refractivity contribution in [2.24, 2.45) is 10.9 Å². The van der Waals surface area contributed by atoms with Gasteiger partial charge in [-0.05, 0) is 43.2 Å². The van der Waals surface area contributed by atoms with Gasteiger partial charge in [0.1, 0.15) is 0 Å². The van der Waals surface area contributed by atoms with Crippen LogP contribution < -0.4 is 15.4 Å². The maximum atomic E-state index is 5.72. The highest BCUT2D eigenvalue weighted by atomic mass is 16.5. The molecule has 0 radical (unpaired) electrons. The second-order valence-electron chi connectivity index (χ2n) is 5.97. The van der Waals surface area contributed by atoms with Gasteiger partial charge >= 0.3 is 0 Å². The van der Waals surface area contributed by atoms with E-state index >= 15 is 0 Å². The van der Waals surface area contributed by atoms with E-state index in [0.717, 1.165) is 36.9 Å². The molecular weight excluding hydrogens is 276 g/mol. The lowest BCUT2D eigenvalue weighted by molar-refractivity contribution is 0.288. The van der Waals surface area contributed by atoms with Crippen LogP contribution in [0, 0.1) is 5.92 Å². The maximum Gasteiger partial charge on any atom is 0.213 e. The Balaban J connectivity index is 1.47. The van der Waals surface area contributed by atoms with Crippen molar-refractivity contribution in [1.82, 2.24) is 15.6 Å². The van der Waals surface area contributed by atoms with Gasteiger partial charge in [-0.25, -0.2) is 4.98 Å². The molecule has 0 spiro atoms. The molecule has 1 aromatic rings. The van der Waals surface area contributed by atoms with Crippen molar-refractivity contribution in [3.63, 3.8) is 0 Å². The lowest BCUT2D eigenvalue weighted by Crippen LogP contribution is -2.42. The van der Waals surface area contributed by atoms with Crippen LogP contribution in [0.4, 0.5) is 0 Å². The molecule has 118 valence electrons. The summed E-state index contributed by atoms with van der Waals surface area (Å²) in [6, 6.07) is 4.46. The predicted octanol–water partition coefficient (Wildman–Crippen LogP) is 2.25. The van der Waals surface area contributed by atoms with Crippen molar-refractivity contribution in [3.05, 3.63) is 36.0 Å². The Hall–Kier alpha value is -2.04. The van der Waals surface area contributed by atoms with E-state index < -0.39 is 0 Å². The monoisotopic (exact) mass is 300 g/mol. The standard InChI is InChI=1S/C17H24N4O/c1-18-17(21-15-4-2-3-5-15)20-11-14-8-9-19-16(10-14)22-12-13-6-7-13/h2-3,8-10,13,15H,4-7,11-12H2,1H3,(H2,18,20,21). The molecule has 1 fully saturated rings. The zero-order chi connectivity index (χ0) is 15.2. The molecule has 5 heteroatoms. The summed E-state index contributed by atoms with van der Waals surface area (Å²) in [5.41, 5.74) is 1.15. The highest BCUT2D eigenvalue weighted by Gasteiger charge is 2.22. The molecule has 0 unspecified atom stereocenters. The Bertz CT molecular complexity index is 543. The number of aliphatic imine (C=N–C) groups is 1. The first-order valence-electron chi connectivity index (χ1n) is 8.03. The fourth-order valence-electron chi connectivity index (χ4n) is 2.44. The van der Waals surface area contributed by atoms with Crippen LogP contribution >= 0.6 is 0 Å². The van der Waals surface area contributed by atoms with E-state index in [2.05, 4.69) is 32.8 Å². The quantitative estimate of drug-likeness (QED) is 0.481. The van der Waals surface area contributed by atoms with Gasteiger partial charge in [-0.2, -0.15) is 0 Å². The summed E-state index contributed by atoms with van der Waals surface area (Å²) in [4.78, 5) is 8.54. The molecular formula is C17H24N4O. The lowest BCUT2D eigenvalue weighted by atomic mass is 10.2. The Morgan fingerprint density at radius 3 is 2.91 bits per heavy atom. The van der Waals surface area contributed by atoms with E-state index in [1.165, 1.54) is 12.8 Å². The fraction of sp³-hybridized carbons (Fsp3) is 0.529. The first-order valence-corrected chi connectivity index (χ1v) is 8.03. The van der Waals surface area contributed by atoms with Crippen molar-refractivity contribution < 1.29 is 4.74 Å². The van der Waals surface area contributed by atoms with E-state index in [-0.39, 0.29) is 0 Å². The summed E-state index contributed by atoms with van der Waals surface area (Å²) in [5, 5.41) is 6.77. The molecule has 0 bridgehead atoms. The number of pyridine rings is 1. The zero-order valence-corrected chi connectivity index (χ0v) is 13.1. The number of hydrogen-bond acceptors (Lipinski definition) is 3. The summed E-state index contributed by atoms with van der Waals surface area (Å²) in [6.07, 6.45) is 10.9. The second-order valence-corrected chi connectivity index (χ2v) is 5.97. The van der Waals surface area contributed by atoms with Crippen LogP contribution in [0.25, 0.3) is 0 Å². The van der Waals surface area contributed by atoms with E-state index in [1.54, 1.807) is 13.2 Å². The van der Waals surface area contributed by atoms with Crippen LogP contribution in [-0.2, 0) is 6.54 Å². The molecule has 0 aliphatic heterocycles. The Morgan fingerprint density at radius 2 is 2.18 bits per heavy atom. The summed E-state index contributed by atoms with van der Waals surface area (Å²) in [7, 11) is 1.80. The highest BCUT2D eigenvalue weighted by Crippen LogP contribution is 2.29. The number of guanidine groups is 1. The molecule has 0 aromatic carbocycles. The van der Waals surface area contributed by atoms with Crippen molar-refractivity contribution in [2.75, 3.05) is 13.7 Å². The molecule has 0 amide bonds. The highest BCUT2D eigenvalue weighted by molar-refractivity contribution is 5.80. The maximum absolute atomic E-state index is 5.72. The Kier molecular flexibility index (Phi) is 4.93. The van der Waals surface area contributed by atoms with Gasteiger partial charge in [-0.3, -0.25) is 4.99 Å². The SMILES string of the molecule is CN=C(NCc1ccnc(OCC2CC2)c1)NC1CC=CC1. The van der Waals surface area contributed by atoms with E-state index in [0.29, 0.717) is 18.5 Å². The van der Waals surface area contributed by atoms with Gasteiger partial charge < -0.3 is 15.4 Å². The van der Waals surface area contributed by atoms with Gasteiger partial charge in [0.15, 0.2) is 5.96 Å². The number of aromatic nitrogens is 1. The minimum atomic E-state index is 0.459. The molecule has 22 heavy (non-hydrogen) atoms. The van der Waals surface area contributed by atoms with Crippen molar-refractivity contribution in [3.8, 4) is 5.88 Å². The summed E-state index contributed by atoms with van der Waals surface area (Å²) >= 11 is 0. The third-order valence-corrected chi connectivity index (χ3v) is 4.00. The van der Waals surface area contributed by atoms with Gasteiger partial charge in [0, 0.05) is 31.9 Å². The van der Waals surface area contributed by atoms with Crippen LogP contribution in [0.1, 0.15) is 31.2 Å². The number of ether oxygens (including phenoxy) is 1. The predicted molar refractivity (Wildman–Crippen MR) is 88.0 cm³/mol. The number of hydrogen-bond donors (Lipinski definition) is 2. The molecule has 1 saturated carbocycles. The average molecular weight is 300 g/mol. The molecule has 2 aliphatic carbocycles. The average Bonchev–Trinajstić information content (AvgIpc) is 3.24. The van der Waals surface area contributed by atoms with E-state index in [9.17, 15) is 0 Å². The van der Waals surface area contributed by atoms with Gasteiger partial charge in [-0.15, -0.1) is 0 Å². The van der Waals surface area contributed by atoms with Crippen molar-refractivity contribution in [2.45, 2.75) is 38.3 Å². The molecule has 3 rings (SSSR count). The number of nitrogens with one attached hydrogen (secondary N) is 2. The number of rotatable bonds is 6. The summed E-state index contributed by atoms with van der Waals surface area (Å²) in [6.45, 7) is 1.50. The topological polar surface area (TPSA) is 58.5 Å². The third kappa shape index (κ3) is 4.48. The van der Waals surface area contributed by atoms with E-state index in [1.807, 2.05) is 12.1 Å². The first kappa shape index (κ1) is 14.9. The van der Waals surface area contributed by atoms with Gasteiger partial charge in [0.2, 0.25) is 5.88 Å². The smallest absolute Gasteiger partial charge is 0.213 e. The van der Waals surface area contributed by atoms with Crippen LogP contribution in [0.15, 0.2) is 35.5 Å². The minimum absolute atomic E-state index is 0.459. The van der Waals surface area contributed by atoms with Gasteiger partial charge in [0.25, 0.3) is 0 Å². The fourth-order valence-corrected chi connectivity index (χ4v) is 2.44. The van der Waals surface area contributed by atoms with Gasteiger partial charge in [0.05, 0.1) is 6.61 Å². The molecule has 2 N–H and O–H groups in total. The molecule has 1 aromatic heterocycles. The van der Waals surface area contributed by atoms with Gasteiger partial charge in [-0.1, -0.05) is 12.2 Å². The van der Waals surface area contributed by atoms with Crippen LogP contribution in [0.3, 0.4) is 0 Å². The van der Waals surface area contributed by atoms with Crippen molar-refractivity contribution in [1.29, 1.82) is 0 Å². The summed E-state index contributed by atoms with van der Waals surface area (Å²) in [5.74, 6) is 2.30. The second kappa shape index (κ2) is 7.29. The third-order valence-electron chi connectivity index (χ3n) is 4.00. The largest absolute Gasteiger partial charge is 0.477 e. The van der Waals surface area contributed by atoms with Crippen molar-refractivity contribution >= 4 is 5.96 Å². The van der Waals surface area contributed by atoms with Crippen LogP contribution in [0.2, 0.25) is 0 Å².